The van der Waals surface area contributed by atoms with E-state index in [1.165, 1.54) is 0 Å². The first-order valence-electron chi connectivity index (χ1n) is 5.81. The van der Waals surface area contributed by atoms with E-state index >= 15 is 0 Å². The minimum atomic E-state index is 0.146. The third kappa shape index (κ3) is 5.81. The normalized spacial score (nSPS) is 11.9. The summed E-state index contributed by atoms with van der Waals surface area (Å²) < 4.78 is 0. The van der Waals surface area contributed by atoms with Crippen molar-refractivity contribution < 1.29 is 0 Å². The summed E-state index contributed by atoms with van der Waals surface area (Å²) in [5.74, 6) is 0. The number of hydrogen-bond donors (Lipinski definition) is 2. The summed E-state index contributed by atoms with van der Waals surface area (Å²) in [4.78, 5) is 0. The molecule has 0 spiro atoms. The van der Waals surface area contributed by atoms with E-state index in [0.717, 1.165) is 29.8 Å². The average Bonchev–Trinajstić information content (AvgIpc) is 2.33. The van der Waals surface area contributed by atoms with Gasteiger partial charge in [-0.3, -0.25) is 0 Å². The molecule has 0 amide bonds. The van der Waals surface area contributed by atoms with E-state index in [9.17, 15) is 0 Å². The van der Waals surface area contributed by atoms with Crippen LogP contribution in [0.3, 0.4) is 0 Å². The monoisotopic (exact) mass is 232 g/mol. The molecule has 0 saturated carbocycles. The summed E-state index contributed by atoms with van der Waals surface area (Å²) in [6.45, 7) is 17.6. The molecule has 17 heavy (non-hydrogen) atoms. The summed E-state index contributed by atoms with van der Waals surface area (Å²) >= 11 is 0. The Morgan fingerprint density at radius 3 is 2.41 bits per heavy atom. The molecular formula is C15H24N2. The molecule has 0 fully saturated rings. The van der Waals surface area contributed by atoms with Crippen LogP contribution in [0.2, 0.25) is 0 Å². The zero-order chi connectivity index (χ0) is 13.3. The highest BCUT2D eigenvalue weighted by molar-refractivity contribution is 5.34. The second-order valence-corrected chi connectivity index (χ2v) is 3.84. The lowest BCUT2D eigenvalue weighted by atomic mass is 10.1. The first-order chi connectivity index (χ1) is 8.06. The molecule has 2 N–H and O–H groups in total. The number of rotatable bonds is 9. The SMILES string of the molecule is C=CCCC(NC(=C)C(=C)/C=C\C)C(=C)NC. The third-order valence-corrected chi connectivity index (χ3v) is 2.51. The van der Waals surface area contributed by atoms with Crippen LogP contribution < -0.4 is 10.6 Å². The van der Waals surface area contributed by atoms with E-state index in [0.29, 0.717) is 0 Å². The van der Waals surface area contributed by atoms with E-state index in [-0.39, 0.29) is 6.04 Å². The molecule has 0 bridgehead atoms. The highest BCUT2D eigenvalue weighted by atomic mass is 15.0. The smallest absolute Gasteiger partial charge is 0.0656 e. The first-order valence-corrected chi connectivity index (χ1v) is 5.81. The maximum Gasteiger partial charge on any atom is 0.0656 e. The van der Waals surface area contributed by atoms with Crippen LogP contribution in [0.5, 0.6) is 0 Å². The Labute approximate surface area is 106 Å². The van der Waals surface area contributed by atoms with Crippen LogP contribution >= 0.6 is 0 Å². The topological polar surface area (TPSA) is 24.1 Å². The van der Waals surface area contributed by atoms with Crippen molar-refractivity contribution in [2.24, 2.45) is 0 Å². The number of allylic oxidation sites excluding steroid dienone is 3. The van der Waals surface area contributed by atoms with Gasteiger partial charge in [-0.2, -0.15) is 0 Å². The molecule has 0 aromatic carbocycles. The van der Waals surface area contributed by atoms with E-state index in [4.69, 9.17) is 0 Å². The molecule has 94 valence electrons. The summed E-state index contributed by atoms with van der Waals surface area (Å²) in [6.07, 6.45) is 7.65. The Balaban J connectivity index is 4.51. The molecule has 0 rings (SSSR count). The van der Waals surface area contributed by atoms with Crippen LogP contribution in [0.4, 0.5) is 0 Å². The predicted molar refractivity (Wildman–Crippen MR) is 77.6 cm³/mol. The highest BCUT2D eigenvalue weighted by Gasteiger charge is 2.11. The molecule has 0 aliphatic rings. The van der Waals surface area contributed by atoms with Crippen molar-refractivity contribution in [3.8, 4) is 0 Å². The average molecular weight is 232 g/mol. The Morgan fingerprint density at radius 2 is 1.94 bits per heavy atom. The van der Waals surface area contributed by atoms with Gasteiger partial charge in [0.25, 0.3) is 0 Å². The zero-order valence-corrected chi connectivity index (χ0v) is 11.1. The van der Waals surface area contributed by atoms with E-state index in [1.807, 2.05) is 32.2 Å². The molecule has 0 saturated heterocycles. The van der Waals surface area contributed by atoms with Gasteiger partial charge in [-0.25, -0.2) is 0 Å². The Bertz CT molecular complexity index is 324. The maximum absolute atomic E-state index is 3.99. The second kappa shape index (κ2) is 8.45. The molecule has 0 heterocycles. The molecule has 0 aromatic rings. The van der Waals surface area contributed by atoms with Crippen molar-refractivity contribution in [3.05, 3.63) is 61.5 Å². The van der Waals surface area contributed by atoms with Gasteiger partial charge in [-0.05, 0) is 25.3 Å². The van der Waals surface area contributed by atoms with Crippen molar-refractivity contribution in [1.82, 2.24) is 10.6 Å². The fourth-order valence-electron chi connectivity index (χ4n) is 1.40. The molecule has 0 aromatic heterocycles. The molecule has 2 nitrogen and oxygen atoms in total. The van der Waals surface area contributed by atoms with Gasteiger partial charge < -0.3 is 10.6 Å². The van der Waals surface area contributed by atoms with Gasteiger partial charge in [0.05, 0.1) is 6.04 Å². The van der Waals surface area contributed by atoms with Crippen LogP contribution in [-0.2, 0) is 0 Å². The van der Waals surface area contributed by atoms with Gasteiger partial charge in [-0.1, -0.05) is 38.0 Å². The van der Waals surface area contributed by atoms with E-state index in [2.05, 4.69) is 36.9 Å². The number of nitrogens with one attached hydrogen (secondary N) is 2. The van der Waals surface area contributed by atoms with Crippen LogP contribution in [0.1, 0.15) is 19.8 Å². The van der Waals surface area contributed by atoms with Crippen molar-refractivity contribution >= 4 is 0 Å². The standard InChI is InChI=1S/C15H24N2/c1-7-9-11-15(14(5)16-6)17-13(4)12(3)10-8-2/h7-8,10,15-17H,1,3-5,9,11H2,2,6H3/b10-8-. The van der Waals surface area contributed by atoms with Gasteiger partial charge in [0.15, 0.2) is 0 Å². The van der Waals surface area contributed by atoms with Gasteiger partial charge >= 0.3 is 0 Å². The lowest BCUT2D eigenvalue weighted by Crippen LogP contribution is -2.34. The van der Waals surface area contributed by atoms with Crippen LogP contribution in [0.15, 0.2) is 61.5 Å². The quantitative estimate of drug-likeness (QED) is 0.471. The molecule has 0 aliphatic heterocycles. The van der Waals surface area contributed by atoms with Gasteiger partial charge in [0.2, 0.25) is 0 Å². The molecule has 0 aliphatic carbocycles. The maximum atomic E-state index is 3.99. The number of likely N-dealkylation sites (N-methyl/N-ethyl adjacent to an activating group) is 1. The van der Waals surface area contributed by atoms with E-state index in [1.54, 1.807) is 0 Å². The second-order valence-electron chi connectivity index (χ2n) is 3.84. The van der Waals surface area contributed by atoms with Crippen molar-refractivity contribution in [2.75, 3.05) is 7.05 Å². The lowest BCUT2D eigenvalue weighted by molar-refractivity contribution is 0.576. The van der Waals surface area contributed by atoms with Crippen molar-refractivity contribution in [1.29, 1.82) is 0 Å². The zero-order valence-electron chi connectivity index (χ0n) is 11.1. The Kier molecular flexibility index (Phi) is 7.61. The minimum Gasteiger partial charge on any atom is -0.390 e. The largest absolute Gasteiger partial charge is 0.390 e. The molecule has 2 heteroatoms. The Morgan fingerprint density at radius 1 is 1.29 bits per heavy atom. The minimum absolute atomic E-state index is 0.146. The fraction of sp³-hybridized carbons (Fsp3) is 0.333. The third-order valence-electron chi connectivity index (χ3n) is 2.51. The summed E-state index contributed by atoms with van der Waals surface area (Å²) in [5.41, 5.74) is 2.66. The molecule has 0 radical (unpaired) electrons. The lowest BCUT2D eigenvalue weighted by Gasteiger charge is -2.23. The summed E-state index contributed by atoms with van der Waals surface area (Å²) in [6, 6.07) is 0.146. The van der Waals surface area contributed by atoms with Crippen LogP contribution in [0.25, 0.3) is 0 Å². The first kappa shape index (κ1) is 15.3. The molecular weight excluding hydrogens is 208 g/mol. The van der Waals surface area contributed by atoms with Gasteiger partial charge in [0, 0.05) is 18.4 Å². The van der Waals surface area contributed by atoms with Crippen molar-refractivity contribution in [3.63, 3.8) is 0 Å². The Hall–Kier alpha value is -1.70. The summed E-state index contributed by atoms with van der Waals surface area (Å²) in [5, 5.41) is 6.40. The molecule has 1 atom stereocenters. The van der Waals surface area contributed by atoms with E-state index < -0.39 is 0 Å². The van der Waals surface area contributed by atoms with Crippen molar-refractivity contribution in [2.45, 2.75) is 25.8 Å². The molecule has 1 unspecified atom stereocenters. The van der Waals surface area contributed by atoms with Gasteiger partial charge in [0.1, 0.15) is 0 Å². The van der Waals surface area contributed by atoms with Crippen LogP contribution in [-0.4, -0.2) is 13.1 Å². The van der Waals surface area contributed by atoms with Crippen LogP contribution in [0, 0.1) is 0 Å². The highest BCUT2D eigenvalue weighted by Crippen LogP contribution is 2.11. The number of hydrogen-bond acceptors (Lipinski definition) is 2. The predicted octanol–water partition coefficient (Wildman–Crippen LogP) is 3.29. The fourth-order valence-corrected chi connectivity index (χ4v) is 1.40. The summed E-state index contributed by atoms with van der Waals surface area (Å²) in [7, 11) is 1.87. The van der Waals surface area contributed by atoms with Gasteiger partial charge in [-0.15, -0.1) is 6.58 Å².